The molecule has 8 aromatic carbocycles. The minimum absolute atomic E-state index is 0.00522. The standard InChI is InChI=1S/C50H34N2O5/c51-49(33-17-5-1-6-18-33,34-19-7-2-8-20-34)56-40-26-14-16-32-28-30-38(46(53)42(32)40)44-47(54)43(48(44)55)37-29-27-31-15-13-25-39-41(31)45(37)52-50(57-39,35-21-9-3-10-22-35)36-23-11-4-12-24-36/h1-30,53-54H,51H2. The topological polar surface area (TPSA) is 114 Å². The van der Waals surface area contributed by atoms with Crippen LogP contribution in [0.2, 0.25) is 0 Å². The molecule has 2 aliphatic rings. The van der Waals surface area contributed by atoms with Gasteiger partial charge in [0.15, 0.2) is 0 Å². The van der Waals surface area contributed by atoms with Gasteiger partial charge in [0.25, 0.3) is 5.72 Å². The summed E-state index contributed by atoms with van der Waals surface area (Å²) in [4.78, 5) is 19.8. The van der Waals surface area contributed by atoms with E-state index in [1.54, 1.807) is 18.2 Å². The number of allylic oxidation sites excluding steroid dienone is 2. The van der Waals surface area contributed by atoms with Crippen LogP contribution in [0.4, 0.5) is 0 Å². The molecule has 10 rings (SSSR count). The monoisotopic (exact) mass is 742 g/mol. The Morgan fingerprint density at radius 2 is 1.12 bits per heavy atom. The molecule has 0 saturated heterocycles. The molecule has 0 fully saturated rings. The lowest BCUT2D eigenvalue weighted by Gasteiger charge is -2.35. The van der Waals surface area contributed by atoms with Crippen LogP contribution in [-0.4, -0.2) is 16.0 Å². The molecule has 0 amide bonds. The van der Waals surface area contributed by atoms with Crippen molar-refractivity contribution in [3.63, 3.8) is 0 Å². The van der Waals surface area contributed by atoms with Gasteiger partial charge in [-0.05, 0) is 29.0 Å². The summed E-state index contributed by atoms with van der Waals surface area (Å²) in [5.41, 5.74) is 7.72. The Bertz CT molecular complexity index is 2980. The van der Waals surface area contributed by atoms with E-state index in [0.717, 1.165) is 21.9 Å². The summed E-state index contributed by atoms with van der Waals surface area (Å²) in [6, 6.07) is 56.8. The number of aromatic hydroxyl groups is 1. The zero-order valence-corrected chi connectivity index (χ0v) is 30.5. The van der Waals surface area contributed by atoms with Crippen molar-refractivity contribution >= 4 is 38.5 Å². The third-order valence-electron chi connectivity index (χ3n) is 11.0. The maximum atomic E-state index is 14.5. The van der Waals surface area contributed by atoms with Gasteiger partial charge in [0.2, 0.25) is 11.5 Å². The summed E-state index contributed by atoms with van der Waals surface area (Å²) >= 11 is 0. The number of hydrogen-bond acceptors (Lipinski definition) is 7. The summed E-state index contributed by atoms with van der Waals surface area (Å²) in [5.74, 6) is 0.0241. The van der Waals surface area contributed by atoms with Crippen molar-refractivity contribution in [3.05, 3.63) is 226 Å². The van der Waals surface area contributed by atoms with Crippen LogP contribution in [0.15, 0.2) is 193 Å². The first-order chi connectivity index (χ1) is 27.9. The van der Waals surface area contributed by atoms with E-state index >= 15 is 0 Å². The molecule has 7 nitrogen and oxygen atoms in total. The molecule has 1 heterocycles. The van der Waals surface area contributed by atoms with Crippen molar-refractivity contribution < 1.29 is 24.5 Å². The number of aliphatic hydroxyl groups is 1. The molecule has 0 bridgehead atoms. The predicted molar refractivity (Wildman–Crippen MR) is 221 cm³/mol. The summed E-state index contributed by atoms with van der Waals surface area (Å²) < 4.78 is 13.6. The minimum atomic E-state index is -1.42. The molecule has 0 unspecified atom stereocenters. The first kappa shape index (κ1) is 34.0. The number of Topliss-reactive ketones (excluding diaryl/α,β-unsaturated/α-hetero) is 1. The molecule has 7 heteroatoms. The second-order valence-electron chi connectivity index (χ2n) is 14.2. The van der Waals surface area contributed by atoms with Crippen LogP contribution in [0, 0.1) is 0 Å². The zero-order valence-electron chi connectivity index (χ0n) is 30.5. The first-order valence-electron chi connectivity index (χ1n) is 18.7. The van der Waals surface area contributed by atoms with Crippen molar-refractivity contribution in [2.24, 2.45) is 10.7 Å². The van der Waals surface area contributed by atoms with Crippen LogP contribution in [0.1, 0.15) is 27.8 Å². The van der Waals surface area contributed by atoms with Crippen LogP contribution in [-0.2, 0) is 16.2 Å². The van der Waals surface area contributed by atoms with Gasteiger partial charge in [0, 0.05) is 38.4 Å². The highest BCUT2D eigenvalue weighted by Gasteiger charge is 2.42. The fraction of sp³-hybridized carbons (Fsp3) is 0.0400. The van der Waals surface area contributed by atoms with Crippen LogP contribution >= 0.6 is 0 Å². The second kappa shape index (κ2) is 13.1. The Balaban J connectivity index is 1.17. The Hall–Kier alpha value is -7.48. The molecule has 1 aliphatic heterocycles. The normalized spacial score (nSPS) is 15.5. The number of carbonyl (C=O) groups excluding carboxylic acids is 1. The molecule has 0 atom stereocenters. The Morgan fingerprint density at radius 1 is 0.579 bits per heavy atom. The highest BCUT2D eigenvalue weighted by molar-refractivity contribution is 6.52. The third kappa shape index (κ3) is 5.24. The number of benzene rings is 8. The first-order valence-corrected chi connectivity index (χ1v) is 18.7. The van der Waals surface area contributed by atoms with Crippen LogP contribution in [0.5, 0.6) is 17.2 Å². The smallest absolute Gasteiger partial charge is 0.253 e. The van der Waals surface area contributed by atoms with Crippen LogP contribution in [0.25, 0.3) is 32.7 Å². The highest BCUT2D eigenvalue weighted by Crippen LogP contribution is 2.46. The summed E-state index contributed by atoms with van der Waals surface area (Å²) in [7, 11) is 0. The van der Waals surface area contributed by atoms with E-state index in [-0.39, 0.29) is 28.2 Å². The van der Waals surface area contributed by atoms with Crippen molar-refractivity contribution in [3.8, 4) is 17.2 Å². The van der Waals surface area contributed by atoms with Gasteiger partial charge < -0.3 is 19.7 Å². The van der Waals surface area contributed by atoms with Crippen molar-refractivity contribution in [1.29, 1.82) is 0 Å². The van der Waals surface area contributed by atoms with Gasteiger partial charge in [0.1, 0.15) is 23.0 Å². The molecule has 0 aromatic heterocycles. The molecular weight excluding hydrogens is 709 g/mol. The second-order valence-corrected chi connectivity index (χ2v) is 14.2. The lowest BCUT2D eigenvalue weighted by molar-refractivity contribution is -0.110. The molecule has 1 aliphatic carbocycles. The minimum Gasteiger partial charge on any atom is -0.507 e. The van der Waals surface area contributed by atoms with E-state index in [1.807, 2.05) is 164 Å². The Labute approximate surface area is 327 Å². The number of phenols is 1. The quantitative estimate of drug-likeness (QED) is 0.141. The summed E-state index contributed by atoms with van der Waals surface area (Å²) in [6.45, 7) is 0. The molecule has 0 saturated carbocycles. The summed E-state index contributed by atoms with van der Waals surface area (Å²) in [6.07, 6.45) is 0. The van der Waals surface area contributed by atoms with E-state index in [2.05, 4.69) is 0 Å². The van der Waals surface area contributed by atoms with Gasteiger partial charge in [-0.2, -0.15) is 0 Å². The largest absolute Gasteiger partial charge is 0.507 e. The number of aliphatic hydroxyl groups excluding tert-OH is 1. The number of fused-ring (bicyclic) bond motifs is 1. The van der Waals surface area contributed by atoms with Gasteiger partial charge in [-0.3, -0.25) is 10.5 Å². The maximum Gasteiger partial charge on any atom is 0.253 e. The van der Waals surface area contributed by atoms with Crippen LogP contribution in [0.3, 0.4) is 0 Å². The molecule has 57 heavy (non-hydrogen) atoms. The van der Waals surface area contributed by atoms with Gasteiger partial charge in [-0.25, -0.2) is 4.99 Å². The molecule has 0 radical (unpaired) electrons. The van der Waals surface area contributed by atoms with E-state index < -0.39 is 17.2 Å². The SMILES string of the molecule is NC(Oc1cccc2ccc(C3=C(O)C(=c4ccc5cccc6c5c4=NC(c4ccccc4)(c4ccccc4)O6)C3=O)c(O)c12)(c1ccccc1)c1ccccc1. The average molecular weight is 743 g/mol. The lowest BCUT2D eigenvalue weighted by atomic mass is 9.80. The van der Waals surface area contributed by atoms with E-state index in [4.69, 9.17) is 20.2 Å². The number of ether oxygens (including phenoxy) is 2. The number of rotatable bonds is 7. The number of nitrogens with two attached hydrogens (primary N) is 1. The lowest BCUT2D eigenvalue weighted by Crippen LogP contribution is -2.44. The van der Waals surface area contributed by atoms with Gasteiger partial charge >= 0.3 is 0 Å². The molecular formula is C50H34N2O5. The Morgan fingerprint density at radius 3 is 1.72 bits per heavy atom. The Kier molecular flexibility index (Phi) is 7.81. The van der Waals surface area contributed by atoms with Crippen molar-refractivity contribution in [1.82, 2.24) is 0 Å². The maximum absolute atomic E-state index is 14.5. The van der Waals surface area contributed by atoms with E-state index in [0.29, 0.717) is 44.0 Å². The predicted octanol–water partition coefficient (Wildman–Crippen LogP) is 8.55. The summed E-state index contributed by atoms with van der Waals surface area (Å²) in [5, 5.41) is 27.6. The van der Waals surface area contributed by atoms with E-state index in [1.165, 1.54) is 0 Å². The average Bonchev–Trinajstić information content (AvgIpc) is 3.26. The number of ketones is 1. The highest BCUT2D eigenvalue weighted by atomic mass is 16.5. The number of nitrogens with zero attached hydrogens (tertiary/aromatic N) is 1. The van der Waals surface area contributed by atoms with Gasteiger partial charge in [0.05, 0.1) is 21.9 Å². The van der Waals surface area contributed by atoms with Crippen molar-refractivity contribution in [2.45, 2.75) is 11.4 Å². The van der Waals surface area contributed by atoms with Gasteiger partial charge in [-0.1, -0.05) is 164 Å². The van der Waals surface area contributed by atoms with Crippen molar-refractivity contribution in [2.75, 3.05) is 0 Å². The van der Waals surface area contributed by atoms with Gasteiger partial charge in [-0.15, -0.1) is 0 Å². The molecule has 0 spiro atoms. The van der Waals surface area contributed by atoms with Crippen LogP contribution < -0.4 is 25.8 Å². The fourth-order valence-electron chi connectivity index (χ4n) is 8.16. The molecule has 8 aromatic rings. The fourth-order valence-corrected chi connectivity index (χ4v) is 8.16. The third-order valence-corrected chi connectivity index (χ3v) is 11.0. The number of carbonyl (C=O) groups is 1. The zero-order chi connectivity index (χ0) is 38.7. The molecule has 4 N–H and O–H groups in total. The molecule has 274 valence electrons. The van der Waals surface area contributed by atoms with E-state index in [9.17, 15) is 15.0 Å². The number of phenolic OH excluding ortho intramolecular Hbond substituents is 1. The number of hydrogen-bond donors (Lipinski definition) is 3.